The number of sulfonamides is 1. The number of nitrogens with one attached hydrogen (secondary N) is 1. The number of rotatable bonds is 12. The molecule has 2 amide bonds. The van der Waals surface area contributed by atoms with E-state index in [0.717, 1.165) is 34.7 Å². The lowest BCUT2D eigenvalue weighted by Crippen LogP contribution is -2.53. The zero-order valence-corrected chi connectivity index (χ0v) is 28.5. The lowest BCUT2D eigenvalue weighted by atomic mass is 9.48. The van der Waals surface area contributed by atoms with Gasteiger partial charge in [-0.15, -0.1) is 0 Å². The average Bonchev–Trinajstić information content (AvgIpc) is 2.96. The number of benzene rings is 2. The highest BCUT2D eigenvalue weighted by Gasteiger charge is 2.51. The summed E-state index contributed by atoms with van der Waals surface area (Å²) in [6.45, 7) is 5.37. The van der Waals surface area contributed by atoms with Crippen LogP contribution in [0.2, 0.25) is 10.0 Å². The van der Waals surface area contributed by atoms with E-state index in [9.17, 15) is 18.0 Å². The normalized spacial score (nSPS) is 25.4. The molecule has 10 heteroatoms. The molecule has 2 aromatic carbocycles. The molecule has 7 nitrogen and oxygen atoms in total. The minimum atomic E-state index is -3.82. The van der Waals surface area contributed by atoms with Crippen molar-refractivity contribution in [2.75, 3.05) is 17.1 Å². The molecular formula is C34H45Cl2N3O4S. The third kappa shape index (κ3) is 7.07. The van der Waals surface area contributed by atoms with Crippen LogP contribution in [0.25, 0.3) is 0 Å². The first-order chi connectivity index (χ1) is 20.8. The second-order valence-corrected chi connectivity index (χ2v) is 16.2. The number of hydrogen-bond acceptors (Lipinski definition) is 4. The van der Waals surface area contributed by atoms with Gasteiger partial charge in [0.15, 0.2) is 0 Å². The van der Waals surface area contributed by atoms with Gasteiger partial charge in [0, 0.05) is 12.6 Å². The van der Waals surface area contributed by atoms with Crippen LogP contribution < -0.4 is 9.62 Å². The SMILES string of the molecule is CC[C@H](C(=O)N[C@@H](C)CC)N(Cc1ccc(Cl)c(Cl)c1)C(=O)CN(c1ccc(C23CC4CC(CC(C4)C2)C3)cc1)S(C)(=O)=O. The van der Waals surface area contributed by atoms with Gasteiger partial charge in [0.2, 0.25) is 21.8 Å². The molecule has 4 aliphatic carbocycles. The molecule has 0 saturated heterocycles. The molecule has 2 atom stereocenters. The summed E-state index contributed by atoms with van der Waals surface area (Å²) in [5.41, 5.74) is 2.61. The van der Waals surface area contributed by atoms with E-state index >= 15 is 0 Å². The number of carbonyl (C=O) groups is 2. The largest absolute Gasteiger partial charge is 0.352 e. The van der Waals surface area contributed by atoms with Crippen molar-refractivity contribution in [2.45, 2.75) is 96.2 Å². The molecule has 4 bridgehead atoms. The predicted molar refractivity (Wildman–Crippen MR) is 177 cm³/mol. The number of anilines is 1. The summed E-state index contributed by atoms with van der Waals surface area (Å²) in [6, 6.07) is 12.0. The maximum Gasteiger partial charge on any atom is 0.244 e. The molecule has 0 spiro atoms. The van der Waals surface area contributed by atoms with Crippen LogP contribution in [-0.4, -0.2) is 50.0 Å². The van der Waals surface area contributed by atoms with Crippen molar-refractivity contribution in [3.05, 3.63) is 63.6 Å². The number of nitrogens with zero attached hydrogens (tertiary/aromatic N) is 2. The van der Waals surface area contributed by atoms with Gasteiger partial charge >= 0.3 is 0 Å². The maximum absolute atomic E-state index is 14.1. The van der Waals surface area contributed by atoms with Crippen molar-refractivity contribution in [3.63, 3.8) is 0 Å². The number of hydrogen-bond donors (Lipinski definition) is 1. The van der Waals surface area contributed by atoms with Crippen LogP contribution in [0, 0.1) is 17.8 Å². The van der Waals surface area contributed by atoms with Gasteiger partial charge in [0.1, 0.15) is 12.6 Å². The van der Waals surface area contributed by atoms with Crippen LogP contribution in [0.3, 0.4) is 0 Å². The molecule has 1 N–H and O–H groups in total. The predicted octanol–water partition coefficient (Wildman–Crippen LogP) is 6.95. The van der Waals surface area contributed by atoms with E-state index in [-0.39, 0.29) is 23.9 Å². The monoisotopic (exact) mass is 661 g/mol. The Bertz CT molecular complexity index is 1440. The molecule has 0 heterocycles. The highest BCUT2D eigenvalue weighted by atomic mass is 35.5. The lowest BCUT2D eigenvalue weighted by Gasteiger charge is -2.57. The fourth-order valence-corrected chi connectivity index (χ4v) is 9.42. The van der Waals surface area contributed by atoms with Gasteiger partial charge < -0.3 is 10.2 Å². The molecule has 0 aromatic heterocycles. The first-order valence-electron chi connectivity index (χ1n) is 15.9. The first kappa shape index (κ1) is 33.1. The van der Waals surface area contributed by atoms with Crippen molar-refractivity contribution in [1.29, 1.82) is 0 Å². The zero-order chi connectivity index (χ0) is 31.8. The minimum Gasteiger partial charge on any atom is -0.352 e. The summed E-state index contributed by atoms with van der Waals surface area (Å²) in [5, 5.41) is 3.71. The van der Waals surface area contributed by atoms with Gasteiger partial charge in [0.25, 0.3) is 0 Å². The van der Waals surface area contributed by atoms with Gasteiger partial charge in [-0.3, -0.25) is 13.9 Å². The highest BCUT2D eigenvalue weighted by molar-refractivity contribution is 7.92. The quantitative estimate of drug-likeness (QED) is 0.267. The highest BCUT2D eigenvalue weighted by Crippen LogP contribution is 2.60. The fourth-order valence-electron chi connectivity index (χ4n) is 8.25. The summed E-state index contributed by atoms with van der Waals surface area (Å²) in [5.74, 6) is 1.66. The number of amides is 2. The molecule has 4 saturated carbocycles. The van der Waals surface area contributed by atoms with E-state index in [2.05, 4.69) is 17.4 Å². The second-order valence-electron chi connectivity index (χ2n) is 13.5. The first-order valence-corrected chi connectivity index (χ1v) is 18.5. The van der Waals surface area contributed by atoms with Crippen LogP contribution in [0.5, 0.6) is 0 Å². The maximum atomic E-state index is 14.1. The van der Waals surface area contributed by atoms with E-state index in [4.69, 9.17) is 23.2 Å². The van der Waals surface area contributed by atoms with Crippen LogP contribution in [0.1, 0.15) is 83.3 Å². The number of carbonyl (C=O) groups excluding carboxylic acids is 2. The summed E-state index contributed by atoms with van der Waals surface area (Å²) < 4.78 is 27.4. The van der Waals surface area contributed by atoms with Gasteiger partial charge in [-0.25, -0.2) is 8.42 Å². The summed E-state index contributed by atoms with van der Waals surface area (Å²) in [7, 11) is -3.82. The van der Waals surface area contributed by atoms with E-state index in [0.29, 0.717) is 27.7 Å². The van der Waals surface area contributed by atoms with Crippen molar-refractivity contribution in [3.8, 4) is 0 Å². The molecule has 240 valence electrons. The molecular weight excluding hydrogens is 617 g/mol. The van der Waals surface area contributed by atoms with Gasteiger partial charge in [0.05, 0.1) is 22.0 Å². The van der Waals surface area contributed by atoms with E-state index in [1.807, 2.05) is 32.9 Å². The van der Waals surface area contributed by atoms with Gasteiger partial charge in [-0.05, 0) is 117 Å². The van der Waals surface area contributed by atoms with E-state index in [1.165, 1.54) is 49.0 Å². The minimum absolute atomic E-state index is 0.0708. The van der Waals surface area contributed by atoms with Gasteiger partial charge in [-0.1, -0.05) is 55.2 Å². The molecule has 0 aliphatic heterocycles. The lowest BCUT2D eigenvalue weighted by molar-refractivity contribution is -0.140. The van der Waals surface area contributed by atoms with Crippen molar-refractivity contribution >= 4 is 50.7 Å². The molecule has 6 rings (SSSR count). The Labute approximate surface area is 272 Å². The van der Waals surface area contributed by atoms with E-state index in [1.54, 1.807) is 18.2 Å². The Hall–Kier alpha value is -2.29. The Kier molecular flexibility index (Phi) is 9.93. The van der Waals surface area contributed by atoms with Gasteiger partial charge in [-0.2, -0.15) is 0 Å². The molecule has 4 aliphatic rings. The van der Waals surface area contributed by atoms with Crippen LogP contribution in [0.15, 0.2) is 42.5 Å². The molecule has 0 radical (unpaired) electrons. The van der Waals surface area contributed by atoms with E-state index < -0.39 is 28.5 Å². The summed E-state index contributed by atoms with van der Waals surface area (Å²) in [4.78, 5) is 28.9. The van der Waals surface area contributed by atoms with Crippen molar-refractivity contribution in [1.82, 2.24) is 10.2 Å². The summed E-state index contributed by atoms with van der Waals surface area (Å²) in [6.07, 6.45) is 9.92. The van der Waals surface area contributed by atoms with Crippen LogP contribution in [0.4, 0.5) is 5.69 Å². The number of halogens is 2. The van der Waals surface area contributed by atoms with Crippen molar-refractivity contribution in [2.24, 2.45) is 17.8 Å². The fraction of sp³-hybridized carbons (Fsp3) is 0.588. The Morgan fingerprint density at radius 2 is 1.52 bits per heavy atom. The topological polar surface area (TPSA) is 86.8 Å². The standard InChI is InChI=1S/C34H45Cl2N3O4S/c1-5-22(3)37-33(41)31(6-2)38(20-23-7-12-29(35)30(36)16-23)32(40)21-39(44(4,42)43)28-10-8-27(9-11-28)34-17-24-13-25(18-34)15-26(14-24)19-34/h7-12,16,22,24-26,31H,5-6,13-15,17-21H2,1-4H3,(H,37,41)/t22-,24?,25?,26?,31+,34?/m0/s1. The molecule has 2 aromatic rings. The molecule has 0 unspecified atom stereocenters. The third-order valence-corrected chi connectivity index (χ3v) is 12.1. The van der Waals surface area contributed by atoms with Crippen LogP contribution >= 0.6 is 23.2 Å². The Balaban J connectivity index is 1.41. The zero-order valence-electron chi connectivity index (χ0n) is 26.2. The second kappa shape index (κ2) is 13.2. The van der Waals surface area contributed by atoms with Crippen LogP contribution in [-0.2, 0) is 31.6 Å². The third-order valence-electron chi connectivity index (χ3n) is 10.2. The molecule has 4 fully saturated rings. The van der Waals surface area contributed by atoms with Crippen molar-refractivity contribution < 1.29 is 18.0 Å². The Morgan fingerprint density at radius 1 is 0.932 bits per heavy atom. The Morgan fingerprint density at radius 3 is 2.02 bits per heavy atom. The average molecular weight is 663 g/mol. The summed E-state index contributed by atoms with van der Waals surface area (Å²) >= 11 is 12.4. The molecule has 44 heavy (non-hydrogen) atoms. The smallest absolute Gasteiger partial charge is 0.244 e.